The molecule has 10 rings (SSSR count). The Balaban J connectivity index is 0.812. The highest BCUT2D eigenvalue weighted by molar-refractivity contribution is 6.24. The molecule has 4 N–H and O–H groups in total. The van der Waals surface area contributed by atoms with E-state index < -0.39 is 35.6 Å². The smallest absolute Gasteiger partial charge is 0.289 e. The molecule has 2 fully saturated rings. The predicted octanol–water partition coefficient (Wildman–Crippen LogP) is 5.82. The number of amides is 5. The van der Waals surface area contributed by atoms with Crippen LogP contribution in [0.1, 0.15) is 111 Å². The Morgan fingerprint density at radius 3 is 2.59 bits per heavy atom. The number of imidazole rings is 1. The Bertz CT molecular complexity index is 3100. The zero-order valence-corrected chi connectivity index (χ0v) is 37.0. The summed E-state index contributed by atoms with van der Waals surface area (Å²) in [5.74, 6) is 0.444. The molecule has 2 aliphatic heterocycles. The van der Waals surface area contributed by atoms with Gasteiger partial charge in [0.2, 0.25) is 17.6 Å². The molecule has 0 bridgehead atoms. The van der Waals surface area contributed by atoms with Gasteiger partial charge < -0.3 is 29.4 Å². The quantitative estimate of drug-likeness (QED) is 0.0662. The van der Waals surface area contributed by atoms with E-state index in [1.165, 1.54) is 0 Å². The van der Waals surface area contributed by atoms with Crippen LogP contribution in [-0.2, 0) is 35.5 Å². The summed E-state index contributed by atoms with van der Waals surface area (Å²) in [6, 6.07) is 10.2. The number of aryl methyl sites for hydroxylation is 5. The third-order valence-electron chi connectivity index (χ3n) is 12.6. The fourth-order valence-electron chi connectivity index (χ4n) is 9.17. The molecule has 7 aromatic rings. The van der Waals surface area contributed by atoms with E-state index in [1.807, 2.05) is 54.4 Å². The average molecular weight is 893 g/mol. The molecule has 5 aromatic heterocycles. The maximum atomic E-state index is 13.8. The number of fused-ring (bicyclic) bond motifs is 4. The van der Waals surface area contributed by atoms with Gasteiger partial charge in [-0.3, -0.25) is 34.2 Å². The number of benzene rings is 2. The zero-order valence-electron chi connectivity index (χ0n) is 37.0. The van der Waals surface area contributed by atoms with Crippen LogP contribution in [-0.4, -0.2) is 93.6 Å². The van der Waals surface area contributed by atoms with Crippen molar-refractivity contribution in [1.29, 1.82) is 0 Å². The van der Waals surface area contributed by atoms with Gasteiger partial charge in [0.25, 0.3) is 17.7 Å². The molecule has 5 amide bonds. The van der Waals surface area contributed by atoms with Crippen molar-refractivity contribution in [3.05, 3.63) is 94.3 Å². The first-order valence-corrected chi connectivity index (χ1v) is 22.3. The molecular formula is C47H48N12O7. The summed E-state index contributed by atoms with van der Waals surface area (Å²) >= 11 is 0. The molecule has 7 heterocycles. The van der Waals surface area contributed by atoms with Crippen LogP contribution in [0.5, 0.6) is 5.75 Å². The van der Waals surface area contributed by atoms with Crippen molar-refractivity contribution in [1.82, 2.24) is 55.0 Å². The number of nitrogens with zero attached hydrogens (tertiary/aromatic N) is 8. The summed E-state index contributed by atoms with van der Waals surface area (Å²) in [5, 5.41) is 19.2. The van der Waals surface area contributed by atoms with Gasteiger partial charge in [0.05, 0.1) is 52.6 Å². The number of aromatic nitrogens is 8. The van der Waals surface area contributed by atoms with Gasteiger partial charge in [-0.2, -0.15) is 5.10 Å². The molecule has 1 saturated heterocycles. The van der Waals surface area contributed by atoms with E-state index in [-0.39, 0.29) is 24.2 Å². The van der Waals surface area contributed by atoms with E-state index in [1.54, 1.807) is 25.6 Å². The molecule has 1 aliphatic carbocycles. The summed E-state index contributed by atoms with van der Waals surface area (Å²) in [4.78, 5) is 83.3. The minimum Gasteiger partial charge on any atom is -0.496 e. The van der Waals surface area contributed by atoms with E-state index in [2.05, 4.69) is 37.1 Å². The second-order valence-electron chi connectivity index (χ2n) is 17.1. The lowest BCUT2D eigenvalue weighted by Crippen LogP contribution is -2.54. The fourth-order valence-corrected chi connectivity index (χ4v) is 9.17. The predicted molar refractivity (Wildman–Crippen MR) is 240 cm³/mol. The number of rotatable bonds is 16. The summed E-state index contributed by atoms with van der Waals surface area (Å²) in [6.07, 6.45) is 8.63. The van der Waals surface area contributed by atoms with E-state index in [0.717, 1.165) is 81.1 Å². The number of unbranched alkanes of at least 4 members (excludes halogenated alkanes) is 1. The van der Waals surface area contributed by atoms with Crippen LogP contribution in [0, 0.1) is 13.8 Å². The van der Waals surface area contributed by atoms with Crippen molar-refractivity contribution in [3.63, 3.8) is 0 Å². The molecule has 1 unspecified atom stereocenters. The number of carbonyl (C=O) groups is 5. The van der Waals surface area contributed by atoms with Crippen molar-refractivity contribution in [2.75, 3.05) is 19.0 Å². The van der Waals surface area contributed by atoms with Gasteiger partial charge in [0, 0.05) is 67.1 Å². The van der Waals surface area contributed by atoms with E-state index in [0.29, 0.717) is 72.3 Å². The van der Waals surface area contributed by atoms with Gasteiger partial charge in [-0.15, -0.1) is 0 Å². The van der Waals surface area contributed by atoms with Crippen LogP contribution in [0.3, 0.4) is 0 Å². The number of hydrogen-bond acceptors (Lipinski definition) is 13. The molecule has 2 aromatic carbocycles. The Morgan fingerprint density at radius 2 is 1.83 bits per heavy atom. The van der Waals surface area contributed by atoms with E-state index in [9.17, 15) is 24.0 Å². The highest BCUT2D eigenvalue weighted by Gasteiger charge is 2.45. The van der Waals surface area contributed by atoms with E-state index >= 15 is 0 Å². The Morgan fingerprint density at radius 1 is 0.985 bits per heavy atom. The highest BCUT2D eigenvalue weighted by Crippen LogP contribution is 2.43. The molecule has 0 radical (unpaired) electrons. The molecule has 1 saturated carbocycles. The van der Waals surface area contributed by atoms with Crippen molar-refractivity contribution in [2.45, 2.75) is 97.2 Å². The maximum absolute atomic E-state index is 13.8. The number of hydrogen-bond donors (Lipinski definition) is 4. The number of H-pyrrole nitrogens is 1. The van der Waals surface area contributed by atoms with Crippen LogP contribution in [0.2, 0.25) is 0 Å². The lowest BCUT2D eigenvalue weighted by Gasteiger charge is -2.27. The lowest BCUT2D eigenvalue weighted by atomic mass is 9.98. The number of aromatic amines is 1. The van der Waals surface area contributed by atoms with Crippen molar-refractivity contribution in [3.8, 4) is 16.9 Å². The lowest BCUT2D eigenvalue weighted by molar-refractivity contribution is -0.136. The van der Waals surface area contributed by atoms with Crippen molar-refractivity contribution in [2.24, 2.45) is 0 Å². The first-order chi connectivity index (χ1) is 32.0. The molecule has 338 valence electrons. The summed E-state index contributed by atoms with van der Waals surface area (Å²) < 4.78 is 15.3. The Hall–Kier alpha value is -7.70. The maximum Gasteiger partial charge on any atom is 0.289 e. The van der Waals surface area contributed by atoms with Crippen molar-refractivity contribution >= 4 is 63.1 Å². The average Bonchev–Trinajstić information content (AvgIpc) is 3.51. The molecule has 1 atom stereocenters. The summed E-state index contributed by atoms with van der Waals surface area (Å²) in [5.41, 5.74) is 6.80. The van der Waals surface area contributed by atoms with Gasteiger partial charge in [-0.05, 0) is 83.1 Å². The number of methoxy groups -OCH3 is 1. The number of ether oxygens (including phenoxy) is 1. The van der Waals surface area contributed by atoms with E-state index in [4.69, 9.17) is 24.3 Å². The topological polar surface area (TPSA) is 237 Å². The van der Waals surface area contributed by atoms with Crippen LogP contribution in [0.15, 0.2) is 53.4 Å². The molecule has 19 heteroatoms. The summed E-state index contributed by atoms with van der Waals surface area (Å²) in [7, 11) is 1.62. The standard InChI is InChI=1S/C47H48N12O7/c1-5-58-36(21-32(55-58)26-12-13-26)51-42-40-30-20-35(65-4)31(38-24(2)56-66-25(38)3)19-33(30)50-41(40)53-43(54-42)45(62)48-17-16-28-22-57(23-49-28)18-7-6-9-27-10-8-11-29-39(27)47(64)59(46(29)63)34-14-15-37(60)52-44(34)61/h8,10-11,19-23,26,34H,5-7,9,12-18H2,1-4H3,(H,48,62)(H,52,60,61)(H2,50,51,53,54). The Labute approximate surface area is 377 Å². The van der Waals surface area contributed by atoms with Gasteiger partial charge in [0.15, 0.2) is 0 Å². The minimum absolute atomic E-state index is 0.0104. The van der Waals surface area contributed by atoms with Gasteiger partial charge >= 0.3 is 0 Å². The molecule has 3 aliphatic rings. The first kappa shape index (κ1) is 42.3. The number of imide groups is 2. The monoisotopic (exact) mass is 892 g/mol. The number of piperidine rings is 1. The highest BCUT2D eigenvalue weighted by atomic mass is 16.5. The fraction of sp³-hybridized carbons (Fsp3) is 0.362. The first-order valence-electron chi connectivity index (χ1n) is 22.3. The van der Waals surface area contributed by atoms with Crippen LogP contribution in [0.4, 0.5) is 11.6 Å². The molecular weight excluding hydrogens is 845 g/mol. The summed E-state index contributed by atoms with van der Waals surface area (Å²) in [6.45, 7) is 7.39. The van der Waals surface area contributed by atoms with Gasteiger partial charge in [-0.1, -0.05) is 17.3 Å². The van der Waals surface area contributed by atoms with Gasteiger partial charge in [0.1, 0.15) is 34.8 Å². The normalized spacial score (nSPS) is 16.1. The second-order valence-corrected chi connectivity index (χ2v) is 17.1. The number of anilines is 2. The van der Waals surface area contributed by atoms with Crippen LogP contribution in [0.25, 0.3) is 33.1 Å². The largest absolute Gasteiger partial charge is 0.496 e. The molecule has 66 heavy (non-hydrogen) atoms. The number of nitrogens with one attached hydrogen (secondary N) is 4. The van der Waals surface area contributed by atoms with Crippen LogP contribution < -0.4 is 20.7 Å². The van der Waals surface area contributed by atoms with Crippen molar-refractivity contribution < 1.29 is 33.2 Å². The SMILES string of the molecule is CCn1nc(C2CC2)cc1Nc1nc(C(=O)NCCc2cn(CCCCc3cccc4c3C(=O)N(C3CCC(=O)NC3=O)C4=O)cn2)nc2[nH]c3cc(-c4c(C)noc4C)c(OC)cc3c12. The van der Waals surface area contributed by atoms with Gasteiger partial charge in [-0.25, -0.2) is 19.6 Å². The zero-order chi connectivity index (χ0) is 45.8. The molecule has 0 spiro atoms. The molecule has 19 nitrogen and oxygen atoms in total. The minimum atomic E-state index is -1.01. The third-order valence-corrected chi connectivity index (χ3v) is 12.6. The Kier molecular flexibility index (Phi) is 10.9. The second kappa shape index (κ2) is 17.0. The third kappa shape index (κ3) is 7.72. The van der Waals surface area contributed by atoms with Crippen LogP contribution >= 0.6 is 0 Å². The number of carbonyl (C=O) groups excluding carboxylic acids is 5.